The Morgan fingerprint density at radius 3 is 2.42 bits per heavy atom. The SMILES string of the molecule is CN=C(NCC1(c2ccc(F)cc2)CCOCC1)N1CC=C(c2ccccc2)CC1.I. The van der Waals surface area contributed by atoms with Crippen molar-refractivity contribution >= 4 is 35.5 Å². The van der Waals surface area contributed by atoms with Gasteiger partial charge in [0, 0.05) is 45.3 Å². The zero-order valence-electron chi connectivity index (χ0n) is 18.0. The summed E-state index contributed by atoms with van der Waals surface area (Å²) in [7, 11) is 1.84. The maximum Gasteiger partial charge on any atom is 0.193 e. The molecule has 0 unspecified atom stereocenters. The van der Waals surface area contributed by atoms with E-state index in [1.165, 1.54) is 16.7 Å². The molecule has 2 aromatic carbocycles. The van der Waals surface area contributed by atoms with Gasteiger partial charge in [-0.2, -0.15) is 0 Å². The Kier molecular flexibility index (Phi) is 8.49. The van der Waals surface area contributed by atoms with Crippen molar-refractivity contribution in [3.05, 3.63) is 77.6 Å². The van der Waals surface area contributed by atoms with Crippen molar-refractivity contribution in [2.24, 2.45) is 4.99 Å². The molecule has 0 saturated carbocycles. The molecule has 1 fully saturated rings. The van der Waals surface area contributed by atoms with Crippen molar-refractivity contribution in [2.45, 2.75) is 24.7 Å². The minimum atomic E-state index is -0.195. The van der Waals surface area contributed by atoms with Crippen LogP contribution in [-0.4, -0.2) is 50.8 Å². The number of hydrogen-bond donors (Lipinski definition) is 1. The van der Waals surface area contributed by atoms with Crippen LogP contribution in [0.2, 0.25) is 0 Å². The number of ether oxygens (including phenoxy) is 1. The van der Waals surface area contributed by atoms with Crippen LogP contribution in [0.3, 0.4) is 0 Å². The van der Waals surface area contributed by atoms with Gasteiger partial charge in [0.15, 0.2) is 5.96 Å². The third-order valence-corrected chi connectivity index (χ3v) is 6.36. The molecule has 1 N–H and O–H groups in total. The van der Waals surface area contributed by atoms with E-state index in [0.29, 0.717) is 0 Å². The molecule has 1 saturated heterocycles. The van der Waals surface area contributed by atoms with Crippen LogP contribution in [0.15, 0.2) is 65.7 Å². The highest BCUT2D eigenvalue weighted by molar-refractivity contribution is 14.0. The van der Waals surface area contributed by atoms with Crippen molar-refractivity contribution in [2.75, 3.05) is 39.9 Å². The van der Waals surface area contributed by atoms with E-state index in [9.17, 15) is 4.39 Å². The lowest BCUT2D eigenvalue weighted by atomic mass is 9.74. The lowest BCUT2D eigenvalue weighted by Crippen LogP contribution is -2.50. The second-order valence-corrected chi connectivity index (χ2v) is 8.09. The van der Waals surface area contributed by atoms with Gasteiger partial charge in [-0.25, -0.2) is 4.39 Å². The number of halogens is 2. The summed E-state index contributed by atoms with van der Waals surface area (Å²) in [5, 5.41) is 3.61. The second kappa shape index (κ2) is 11.1. The molecule has 4 nitrogen and oxygen atoms in total. The fourth-order valence-electron chi connectivity index (χ4n) is 4.49. The Labute approximate surface area is 201 Å². The molecule has 6 heteroatoms. The average molecular weight is 535 g/mol. The summed E-state index contributed by atoms with van der Waals surface area (Å²) < 4.78 is 19.1. The first-order valence-electron chi connectivity index (χ1n) is 10.7. The van der Waals surface area contributed by atoms with E-state index >= 15 is 0 Å². The van der Waals surface area contributed by atoms with Crippen molar-refractivity contribution < 1.29 is 9.13 Å². The summed E-state index contributed by atoms with van der Waals surface area (Å²) >= 11 is 0. The van der Waals surface area contributed by atoms with E-state index in [2.05, 4.69) is 51.6 Å². The van der Waals surface area contributed by atoms with Crippen LogP contribution in [0.4, 0.5) is 4.39 Å². The zero-order valence-corrected chi connectivity index (χ0v) is 20.3. The Balaban J connectivity index is 0.00000272. The first-order chi connectivity index (χ1) is 14.7. The largest absolute Gasteiger partial charge is 0.381 e. The van der Waals surface area contributed by atoms with Gasteiger partial charge in [-0.3, -0.25) is 4.99 Å². The molecule has 0 aliphatic carbocycles. The Morgan fingerprint density at radius 1 is 1.10 bits per heavy atom. The molecule has 0 aromatic heterocycles. The highest BCUT2D eigenvalue weighted by Crippen LogP contribution is 2.34. The van der Waals surface area contributed by atoms with Gasteiger partial charge in [-0.15, -0.1) is 24.0 Å². The fourth-order valence-corrected chi connectivity index (χ4v) is 4.49. The number of guanidine groups is 1. The molecule has 2 heterocycles. The summed E-state index contributed by atoms with van der Waals surface area (Å²) in [6.07, 6.45) is 5.14. The van der Waals surface area contributed by atoms with E-state index in [0.717, 1.165) is 58.1 Å². The molecule has 2 aliphatic heterocycles. The maximum atomic E-state index is 13.5. The fraction of sp³-hybridized carbons (Fsp3) is 0.400. The predicted molar refractivity (Wildman–Crippen MR) is 136 cm³/mol. The molecule has 4 rings (SSSR count). The summed E-state index contributed by atoms with van der Waals surface area (Å²) in [6.45, 7) is 4.00. The van der Waals surface area contributed by atoms with Gasteiger partial charge in [-0.1, -0.05) is 48.5 Å². The number of rotatable bonds is 4. The third kappa shape index (κ3) is 5.66. The molecule has 0 atom stereocenters. The van der Waals surface area contributed by atoms with E-state index in [4.69, 9.17) is 4.74 Å². The van der Waals surface area contributed by atoms with Gasteiger partial charge in [0.25, 0.3) is 0 Å². The summed E-state index contributed by atoms with van der Waals surface area (Å²) in [4.78, 5) is 6.84. The molecular formula is C25H31FIN3O. The number of benzene rings is 2. The standard InChI is InChI=1S/C25H30FN3O.HI/c1-27-24(29-15-11-21(12-16-29)20-5-3-2-4-6-20)28-19-25(13-17-30-18-14-25)22-7-9-23(26)10-8-22;/h2-11H,12-19H2,1H3,(H,27,28);1H. The quantitative estimate of drug-likeness (QED) is 0.346. The number of nitrogens with zero attached hydrogens (tertiary/aromatic N) is 2. The van der Waals surface area contributed by atoms with Crippen LogP contribution in [0, 0.1) is 5.82 Å². The van der Waals surface area contributed by atoms with E-state index < -0.39 is 0 Å². The second-order valence-electron chi connectivity index (χ2n) is 8.09. The number of nitrogens with one attached hydrogen (secondary N) is 1. The normalized spacial score (nSPS) is 18.7. The molecule has 166 valence electrons. The summed E-state index contributed by atoms with van der Waals surface area (Å²) in [6, 6.07) is 17.5. The van der Waals surface area contributed by atoms with Crippen LogP contribution in [0.5, 0.6) is 0 Å². The van der Waals surface area contributed by atoms with Crippen LogP contribution in [0.1, 0.15) is 30.4 Å². The molecule has 31 heavy (non-hydrogen) atoms. The molecule has 2 aliphatic rings. The zero-order chi connectivity index (χ0) is 20.8. The van der Waals surface area contributed by atoms with Crippen molar-refractivity contribution in [1.82, 2.24) is 10.2 Å². The van der Waals surface area contributed by atoms with Crippen molar-refractivity contribution in [1.29, 1.82) is 0 Å². The monoisotopic (exact) mass is 535 g/mol. The first kappa shape index (κ1) is 23.7. The molecule has 0 bridgehead atoms. The van der Waals surface area contributed by atoms with Gasteiger partial charge in [0.2, 0.25) is 0 Å². The van der Waals surface area contributed by atoms with Gasteiger partial charge in [0.05, 0.1) is 0 Å². The van der Waals surface area contributed by atoms with Gasteiger partial charge in [0.1, 0.15) is 5.82 Å². The number of aliphatic imine (C=N–C) groups is 1. The van der Waals surface area contributed by atoms with Crippen molar-refractivity contribution in [3.63, 3.8) is 0 Å². The maximum absolute atomic E-state index is 13.5. The molecule has 0 spiro atoms. The minimum Gasteiger partial charge on any atom is -0.381 e. The van der Waals surface area contributed by atoms with Crippen LogP contribution in [0.25, 0.3) is 5.57 Å². The summed E-state index contributed by atoms with van der Waals surface area (Å²) in [5.74, 6) is 0.727. The average Bonchev–Trinajstić information content (AvgIpc) is 2.81. The predicted octanol–water partition coefficient (Wildman–Crippen LogP) is 4.86. The first-order valence-corrected chi connectivity index (χ1v) is 10.7. The summed E-state index contributed by atoms with van der Waals surface area (Å²) in [5.41, 5.74) is 3.80. The van der Waals surface area contributed by atoms with Crippen LogP contribution >= 0.6 is 24.0 Å². The smallest absolute Gasteiger partial charge is 0.193 e. The highest BCUT2D eigenvalue weighted by Gasteiger charge is 2.35. The molecular weight excluding hydrogens is 504 g/mol. The molecule has 0 radical (unpaired) electrons. The Hall–Kier alpha value is -1.93. The highest BCUT2D eigenvalue weighted by atomic mass is 127. The van der Waals surface area contributed by atoms with Gasteiger partial charge < -0.3 is 15.0 Å². The van der Waals surface area contributed by atoms with Crippen LogP contribution in [-0.2, 0) is 10.2 Å². The lowest BCUT2D eigenvalue weighted by molar-refractivity contribution is 0.0511. The third-order valence-electron chi connectivity index (χ3n) is 6.36. The molecule has 2 aromatic rings. The lowest BCUT2D eigenvalue weighted by Gasteiger charge is -2.39. The van der Waals surface area contributed by atoms with E-state index in [-0.39, 0.29) is 35.2 Å². The van der Waals surface area contributed by atoms with Crippen LogP contribution < -0.4 is 5.32 Å². The Morgan fingerprint density at radius 2 is 1.81 bits per heavy atom. The van der Waals surface area contributed by atoms with Gasteiger partial charge in [-0.05, 0) is 48.1 Å². The number of hydrogen-bond acceptors (Lipinski definition) is 2. The van der Waals surface area contributed by atoms with Crippen molar-refractivity contribution in [3.8, 4) is 0 Å². The topological polar surface area (TPSA) is 36.9 Å². The minimum absolute atomic E-state index is 0. The van der Waals surface area contributed by atoms with Gasteiger partial charge >= 0.3 is 0 Å². The van der Waals surface area contributed by atoms with E-state index in [1.807, 2.05) is 19.2 Å². The molecule has 0 amide bonds. The van der Waals surface area contributed by atoms with E-state index in [1.54, 1.807) is 12.1 Å². The Bertz CT molecular complexity index is 893.